The predicted octanol–water partition coefficient (Wildman–Crippen LogP) is 4.88. The Morgan fingerprint density at radius 2 is 1.52 bits per heavy atom. The van der Waals surface area contributed by atoms with Crippen LogP contribution in [0, 0.1) is 26.7 Å². The summed E-state index contributed by atoms with van der Waals surface area (Å²) in [7, 11) is 0.611. The quantitative estimate of drug-likeness (QED) is 0.205. The number of carbonyl (C=O) groups is 2. The molecular formula is C20H33O4P. The average molecular weight is 368 g/mol. The largest absolute Gasteiger partial charge is 0.465 e. The highest BCUT2D eigenvalue weighted by molar-refractivity contribution is 7.00. The highest BCUT2D eigenvalue weighted by Gasteiger charge is 2.30. The lowest BCUT2D eigenvalue weighted by atomic mass is 9.87. The van der Waals surface area contributed by atoms with Crippen molar-refractivity contribution in [3.63, 3.8) is 0 Å². The summed E-state index contributed by atoms with van der Waals surface area (Å²) >= 11 is 0. The first kappa shape index (κ1) is 23.6. The van der Waals surface area contributed by atoms with E-state index in [4.69, 9.17) is 9.30 Å². The van der Waals surface area contributed by atoms with Crippen molar-refractivity contribution in [1.29, 1.82) is 0 Å². The van der Waals surface area contributed by atoms with E-state index in [-0.39, 0.29) is 11.8 Å². The molecule has 0 saturated heterocycles. The minimum atomic E-state index is -0.674. The van der Waals surface area contributed by atoms with E-state index < -0.39 is 5.92 Å². The zero-order valence-corrected chi connectivity index (χ0v) is 17.7. The number of rotatable bonds is 9. The third-order valence-electron chi connectivity index (χ3n) is 4.11. The van der Waals surface area contributed by atoms with E-state index in [2.05, 4.69) is 6.92 Å². The molecule has 0 heterocycles. The molecular weight excluding hydrogens is 335 g/mol. The van der Waals surface area contributed by atoms with Crippen molar-refractivity contribution in [3.05, 3.63) is 34.4 Å². The summed E-state index contributed by atoms with van der Waals surface area (Å²) in [4.78, 5) is 25.4. The van der Waals surface area contributed by atoms with Crippen LogP contribution >= 0.6 is 9.12 Å². The second-order valence-corrected chi connectivity index (χ2v) is 6.35. The van der Waals surface area contributed by atoms with Gasteiger partial charge >= 0.3 is 5.97 Å². The molecule has 0 spiro atoms. The number of ether oxygens (including phenoxy) is 1. The third-order valence-corrected chi connectivity index (χ3v) is 4.11. The van der Waals surface area contributed by atoms with Crippen LogP contribution in [-0.2, 0) is 14.1 Å². The Balaban J connectivity index is 0.00000277. The summed E-state index contributed by atoms with van der Waals surface area (Å²) in [6.07, 6.45) is 4.17. The van der Waals surface area contributed by atoms with E-state index in [1.54, 1.807) is 0 Å². The molecule has 0 aliphatic heterocycles. The smallest absolute Gasteiger partial charge is 0.316 e. The Labute approximate surface area is 154 Å². The molecule has 1 aromatic rings. The standard InChI is InChI=1S/C20H30O3.H3OP/c1-6-8-10-17(20(22)23-11-9-7-2)19(21)18-15(4)12-14(3)13-16(18)5;1-2/h12-13,17H,6-11H2,1-5H3;2H3. The topological polar surface area (TPSA) is 60.4 Å². The van der Waals surface area contributed by atoms with Gasteiger partial charge < -0.3 is 9.30 Å². The maximum absolute atomic E-state index is 13.0. The molecule has 0 bridgehead atoms. The molecule has 0 aliphatic carbocycles. The maximum Gasteiger partial charge on any atom is 0.316 e. The summed E-state index contributed by atoms with van der Waals surface area (Å²) in [6, 6.07) is 4.00. The summed E-state index contributed by atoms with van der Waals surface area (Å²) in [6.45, 7) is 10.4. The molecule has 25 heavy (non-hydrogen) atoms. The molecule has 0 amide bonds. The van der Waals surface area contributed by atoms with Gasteiger partial charge in [-0.3, -0.25) is 9.59 Å². The zero-order chi connectivity index (χ0) is 19.4. The predicted molar refractivity (Wildman–Crippen MR) is 106 cm³/mol. The number of hydrogen-bond donors (Lipinski definition) is 0. The Morgan fingerprint density at radius 1 is 1.00 bits per heavy atom. The van der Waals surface area contributed by atoms with Gasteiger partial charge in [0.05, 0.1) is 15.7 Å². The van der Waals surface area contributed by atoms with Gasteiger partial charge in [-0.25, -0.2) is 0 Å². The summed E-state index contributed by atoms with van der Waals surface area (Å²) in [5, 5.41) is 0. The Hall–Kier alpha value is -1.41. The second kappa shape index (κ2) is 12.9. The van der Waals surface area contributed by atoms with Gasteiger partial charge in [0, 0.05) is 5.56 Å². The summed E-state index contributed by atoms with van der Waals surface area (Å²) in [5.74, 6) is -1.13. The molecule has 0 N–H and O–H groups in total. The van der Waals surface area contributed by atoms with E-state index >= 15 is 0 Å². The molecule has 0 saturated carbocycles. The van der Waals surface area contributed by atoms with Crippen molar-refractivity contribution in [1.82, 2.24) is 0 Å². The highest BCUT2D eigenvalue weighted by atomic mass is 31.0. The summed E-state index contributed by atoms with van der Waals surface area (Å²) in [5.41, 5.74) is 3.70. The normalized spacial score (nSPS) is 11.4. The van der Waals surface area contributed by atoms with Crippen LogP contribution in [0.25, 0.3) is 0 Å². The van der Waals surface area contributed by atoms with Crippen LogP contribution in [0.2, 0.25) is 0 Å². The number of benzene rings is 1. The highest BCUT2D eigenvalue weighted by Crippen LogP contribution is 2.24. The number of ketones is 1. The van der Waals surface area contributed by atoms with Gasteiger partial charge in [0.25, 0.3) is 0 Å². The molecule has 4 nitrogen and oxygen atoms in total. The first-order valence-corrected chi connectivity index (χ1v) is 9.57. The maximum atomic E-state index is 13.0. The van der Waals surface area contributed by atoms with Gasteiger partial charge in [-0.1, -0.05) is 50.8 Å². The second-order valence-electron chi connectivity index (χ2n) is 6.35. The van der Waals surface area contributed by atoms with Crippen molar-refractivity contribution in [2.45, 2.75) is 66.7 Å². The number of Topliss-reactive ketones (excluding diaryl/α,β-unsaturated/α-hetero) is 1. The van der Waals surface area contributed by atoms with Gasteiger partial charge in [-0.2, -0.15) is 0 Å². The molecule has 5 heteroatoms. The monoisotopic (exact) mass is 368 g/mol. The van der Waals surface area contributed by atoms with Crippen LogP contribution in [-0.4, -0.2) is 18.4 Å². The van der Waals surface area contributed by atoms with Gasteiger partial charge in [0.2, 0.25) is 0 Å². The van der Waals surface area contributed by atoms with E-state index in [0.29, 0.717) is 27.7 Å². The molecule has 0 radical (unpaired) electrons. The van der Waals surface area contributed by atoms with Crippen LogP contribution in [0.1, 0.15) is 73.0 Å². The lowest BCUT2D eigenvalue weighted by Crippen LogP contribution is -2.28. The van der Waals surface area contributed by atoms with E-state index in [0.717, 1.165) is 42.4 Å². The molecule has 1 rings (SSSR count). The SMILES string of the molecule is CCCCOC(=O)C(CCCC)C(=O)c1c(C)cc(C)cc1C.O=[PH3]. The molecule has 0 aromatic heterocycles. The average Bonchev–Trinajstić information content (AvgIpc) is 2.56. The number of carbonyl (C=O) groups excluding carboxylic acids is 2. The molecule has 0 aliphatic rings. The van der Waals surface area contributed by atoms with Crippen LogP contribution in [0.5, 0.6) is 0 Å². The summed E-state index contributed by atoms with van der Waals surface area (Å²) < 4.78 is 13.6. The first-order valence-electron chi connectivity index (χ1n) is 8.99. The third kappa shape index (κ3) is 7.56. The molecule has 1 aromatic carbocycles. The van der Waals surface area contributed by atoms with Crippen LogP contribution in [0.3, 0.4) is 0 Å². The van der Waals surface area contributed by atoms with Crippen molar-refractivity contribution < 1.29 is 18.9 Å². The number of unbranched alkanes of at least 4 members (excludes halogenated alkanes) is 2. The van der Waals surface area contributed by atoms with E-state index in [9.17, 15) is 9.59 Å². The van der Waals surface area contributed by atoms with Gasteiger partial charge in [0.15, 0.2) is 5.78 Å². The Kier molecular flexibility index (Phi) is 12.2. The molecule has 2 unspecified atom stereocenters. The number of hydrogen-bond acceptors (Lipinski definition) is 4. The number of aryl methyl sites for hydroxylation is 3. The Morgan fingerprint density at radius 3 is 2.00 bits per heavy atom. The molecule has 2 atom stereocenters. The fourth-order valence-electron chi connectivity index (χ4n) is 2.92. The zero-order valence-electron chi connectivity index (χ0n) is 16.3. The van der Waals surface area contributed by atoms with E-state index in [1.165, 1.54) is 0 Å². The minimum Gasteiger partial charge on any atom is -0.465 e. The van der Waals surface area contributed by atoms with Gasteiger partial charge in [0.1, 0.15) is 5.92 Å². The fraction of sp³-hybridized carbons (Fsp3) is 0.600. The van der Waals surface area contributed by atoms with Crippen LogP contribution < -0.4 is 0 Å². The first-order chi connectivity index (χ1) is 11.9. The van der Waals surface area contributed by atoms with E-state index in [1.807, 2.05) is 39.8 Å². The Bertz CT molecular complexity index is 546. The lowest BCUT2D eigenvalue weighted by molar-refractivity contribution is -0.147. The van der Waals surface area contributed by atoms with Crippen molar-refractivity contribution >= 4 is 20.9 Å². The fourth-order valence-corrected chi connectivity index (χ4v) is 2.92. The van der Waals surface area contributed by atoms with Crippen molar-refractivity contribution in [2.24, 2.45) is 5.92 Å². The lowest BCUT2D eigenvalue weighted by Gasteiger charge is -2.18. The number of esters is 1. The van der Waals surface area contributed by atoms with Gasteiger partial charge in [-0.15, -0.1) is 0 Å². The molecule has 142 valence electrons. The minimum absolute atomic E-state index is 0.0880. The van der Waals surface area contributed by atoms with Gasteiger partial charge in [-0.05, 0) is 44.7 Å². The van der Waals surface area contributed by atoms with Crippen molar-refractivity contribution in [2.75, 3.05) is 6.61 Å². The van der Waals surface area contributed by atoms with Crippen molar-refractivity contribution in [3.8, 4) is 0 Å². The van der Waals surface area contributed by atoms with Crippen LogP contribution in [0.4, 0.5) is 0 Å². The molecule has 0 fully saturated rings. The van der Waals surface area contributed by atoms with Crippen LogP contribution in [0.15, 0.2) is 12.1 Å².